The molecule has 178 valence electrons. The van der Waals surface area contributed by atoms with Crippen LogP contribution in [-0.4, -0.2) is 67.4 Å². The predicted octanol–water partition coefficient (Wildman–Crippen LogP) is 3.26. The summed E-state index contributed by atoms with van der Waals surface area (Å²) >= 11 is 5.88. The molecule has 0 spiro atoms. The Bertz CT molecular complexity index is 922. The van der Waals surface area contributed by atoms with Gasteiger partial charge in [0.25, 0.3) is 0 Å². The highest BCUT2D eigenvalue weighted by molar-refractivity contribution is 7.89. The maximum atomic E-state index is 13.1. The Kier molecular flexibility index (Phi) is 7.73. The summed E-state index contributed by atoms with van der Waals surface area (Å²) in [7, 11) is -3.67. The molecule has 1 aromatic carbocycles. The number of sulfonamides is 1. The van der Waals surface area contributed by atoms with E-state index in [2.05, 4.69) is 5.32 Å². The van der Waals surface area contributed by atoms with Crippen LogP contribution in [-0.2, 0) is 19.6 Å². The van der Waals surface area contributed by atoms with E-state index in [0.717, 1.165) is 0 Å². The lowest BCUT2D eigenvalue weighted by molar-refractivity contribution is -0.137. The van der Waals surface area contributed by atoms with Gasteiger partial charge in [0, 0.05) is 37.2 Å². The van der Waals surface area contributed by atoms with Crippen LogP contribution < -0.4 is 5.32 Å². The molecule has 2 amide bonds. The van der Waals surface area contributed by atoms with Crippen LogP contribution in [0.15, 0.2) is 29.2 Å². The van der Waals surface area contributed by atoms with Crippen molar-refractivity contribution in [3.63, 3.8) is 0 Å². The number of rotatable bonds is 4. The van der Waals surface area contributed by atoms with E-state index in [1.54, 1.807) is 17.0 Å². The molecule has 1 unspecified atom stereocenters. The van der Waals surface area contributed by atoms with Crippen LogP contribution in [0, 0.1) is 5.92 Å². The summed E-state index contributed by atoms with van der Waals surface area (Å²) in [5.74, 6) is -0.377. The lowest BCUT2D eigenvalue weighted by Gasteiger charge is -2.37. The topological polar surface area (TPSA) is 96.0 Å². The monoisotopic (exact) mass is 485 g/mol. The highest BCUT2D eigenvalue weighted by Gasteiger charge is 2.36. The molecule has 32 heavy (non-hydrogen) atoms. The molecule has 0 bridgehead atoms. The summed E-state index contributed by atoms with van der Waals surface area (Å²) in [6, 6.07) is 6.05. The van der Waals surface area contributed by atoms with Crippen LogP contribution in [0.3, 0.4) is 0 Å². The molecule has 2 aliphatic heterocycles. The van der Waals surface area contributed by atoms with Crippen molar-refractivity contribution in [2.24, 2.45) is 5.92 Å². The first-order valence-electron chi connectivity index (χ1n) is 11.0. The van der Waals surface area contributed by atoms with Crippen molar-refractivity contribution < 1.29 is 22.7 Å². The van der Waals surface area contributed by atoms with E-state index in [1.807, 2.05) is 20.8 Å². The second-order valence-corrected chi connectivity index (χ2v) is 11.8. The van der Waals surface area contributed by atoms with Gasteiger partial charge >= 0.3 is 6.09 Å². The first-order valence-corrected chi connectivity index (χ1v) is 12.8. The fourth-order valence-electron chi connectivity index (χ4n) is 4.09. The van der Waals surface area contributed by atoms with Crippen LogP contribution in [0.2, 0.25) is 5.02 Å². The second-order valence-electron chi connectivity index (χ2n) is 9.40. The number of carbonyl (C=O) groups excluding carboxylic acids is 2. The molecule has 2 aliphatic rings. The van der Waals surface area contributed by atoms with E-state index in [-0.39, 0.29) is 29.3 Å². The van der Waals surface area contributed by atoms with Crippen molar-refractivity contribution in [2.75, 3.05) is 26.2 Å². The average molecular weight is 486 g/mol. The molecule has 2 fully saturated rings. The van der Waals surface area contributed by atoms with E-state index < -0.39 is 21.7 Å². The number of hydrogen-bond donors (Lipinski definition) is 1. The second kappa shape index (κ2) is 9.97. The molecule has 0 saturated carbocycles. The Morgan fingerprint density at radius 1 is 1.06 bits per heavy atom. The summed E-state index contributed by atoms with van der Waals surface area (Å²) in [5.41, 5.74) is -0.556. The molecule has 3 rings (SSSR count). The molecule has 8 nitrogen and oxygen atoms in total. The smallest absolute Gasteiger partial charge is 0.407 e. The van der Waals surface area contributed by atoms with Gasteiger partial charge < -0.3 is 15.0 Å². The van der Waals surface area contributed by atoms with Crippen molar-refractivity contribution in [2.45, 2.75) is 63.0 Å². The van der Waals surface area contributed by atoms with Crippen molar-refractivity contribution in [1.29, 1.82) is 0 Å². The molecule has 0 aromatic heterocycles. The van der Waals surface area contributed by atoms with Crippen molar-refractivity contribution >= 4 is 33.6 Å². The Labute approximate surface area is 195 Å². The van der Waals surface area contributed by atoms with Gasteiger partial charge in [0.1, 0.15) is 5.60 Å². The maximum absolute atomic E-state index is 13.1. The summed E-state index contributed by atoms with van der Waals surface area (Å²) in [6.07, 6.45) is 2.15. The normalized spacial score (nSPS) is 21.2. The van der Waals surface area contributed by atoms with Crippen LogP contribution in [0.4, 0.5) is 4.79 Å². The third-order valence-corrected chi connectivity index (χ3v) is 7.84. The standard InChI is InChI=1S/C22H32ClN3O5S/c1-22(2,3)31-21(28)24-18-10-13-25(14-11-18)20(27)16-5-4-12-26(15-16)32(29,30)19-8-6-17(23)7-9-19/h6-9,16,18H,4-5,10-15H2,1-3H3,(H,24,28). The minimum atomic E-state index is -3.67. The zero-order valence-corrected chi connectivity index (χ0v) is 20.4. The number of benzene rings is 1. The van der Waals surface area contributed by atoms with Gasteiger partial charge in [-0.3, -0.25) is 4.79 Å². The van der Waals surface area contributed by atoms with E-state index in [9.17, 15) is 18.0 Å². The minimum Gasteiger partial charge on any atom is -0.444 e. The number of likely N-dealkylation sites (tertiary alicyclic amines) is 1. The van der Waals surface area contributed by atoms with Gasteiger partial charge in [0.05, 0.1) is 10.8 Å². The molecular formula is C22H32ClN3O5S. The first kappa shape index (κ1) is 24.8. The van der Waals surface area contributed by atoms with Crippen LogP contribution in [0.1, 0.15) is 46.5 Å². The SMILES string of the molecule is CC(C)(C)OC(=O)NC1CCN(C(=O)C2CCCN(S(=O)(=O)c3ccc(Cl)cc3)C2)CC1. The number of nitrogens with one attached hydrogen (secondary N) is 1. The molecule has 1 N–H and O–H groups in total. The van der Waals surface area contributed by atoms with Gasteiger partial charge in [0.15, 0.2) is 0 Å². The molecule has 2 heterocycles. The number of hydrogen-bond acceptors (Lipinski definition) is 5. The Hall–Kier alpha value is -1.84. The predicted molar refractivity (Wildman–Crippen MR) is 122 cm³/mol. The Morgan fingerprint density at radius 3 is 2.28 bits per heavy atom. The fourth-order valence-corrected chi connectivity index (χ4v) is 5.74. The highest BCUT2D eigenvalue weighted by atomic mass is 35.5. The van der Waals surface area contributed by atoms with Gasteiger partial charge in [-0.05, 0) is 70.7 Å². The third-order valence-electron chi connectivity index (χ3n) is 5.71. The third kappa shape index (κ3) is 6.36. The number of nitrogens with zero attached hydrogens (tertiary/aromatic N) is 2. The number of piperidine rings is 2. The summed E-state index contributed by atoms with van der Waals surface area (Å²) in [5, 5.41) is 3.34. The van der Waals surface area contributed by atoms with Crippen molar-refractivity contribution in [3.8, 4) is 0 Å². The van der Waals surface area contributed by atoms with Gasteiger partial charge in [-0.25, -0.2) is 13.2 Å². The number of amides is 2. The quantitative estimate of drug-likeness (QED) is 0.706. The molecule has 0 radical (unpaired) electrons. The largest absolute Gasteiger partial charge is 0.444 e. The van der Waals surface area contributed by atoms with Gasteiger partial charge in [-0.1, -0.05) is 11.6 Å². The number of alkyl carbamates (subject to hydrolysis) is 1. The van der Waals surface area contributed by atoms with E-state index in [1.165, 1.54) is 16.4 Å². The Morgan fingerprint density at radius 2 is 1.69 bits per heavy atom. The van der Waals surface area contributed by atoms with Gasteiger partial charge in [-0.15, -0.1) is 0 Å². The fraction of sp³-hybridized carbons (Fsp3) is 0.636. The van der Waals surface area contributed by atoms with E-state index in [4.69, 9.17) is 16.3 Å². The minimum absolute atomic E-state index is 0.0169. The molecule has 10 heteroatoms. The zero-order valence-electron chi connectivity index (χ0n) is 18.8. The number of halogens is 1. The van der Waals surface area contributed by atoms with Gasteiger partial charge in [0.2, 0.25) is 15.9 Å². The maximum Gasteiger partial charge on any atom is 0.407 e. The van der Waals surface area contributed by atoms with E-state index >= 15 is 0 Å². The summed E-state index contributed by atoms with van der Waals surface area (Å²) < 4.78 is 32.7. The molecule has 1 aromatic rings. The molecular weight excluding hydrogens is 454 g/mol. The van der Waals surface area contributed by atoms with Crippen molar-refractivity contribution in [1.82, 2.24) is 14.5 Å². The van der Waals surface area contributed by atoms with Crippen molar-refractivity contribution in [3.05, 3.63) is 29.3 Å². The zero-order chi connectivity index (χ0) is 23.5. The van der Waals surface area contributed by atoms with Crippen LogP contribution in [0.5, 0.6) is 0 Å². The van der Waals surface area contributed by atoms with E-state index in [0.29, 0.717) is 50.3 Å². The van der Waals surface area contributed by atoms with Gasteiger partial charge in [-0.2, -0.15) is 4.31 Å². The lowest BCUT2D eigenvalue weighted by Crippen LogP contribution is -2.51. The lowest BCUT2D eigenvalue weighted by atomic mass is 9.96. The molecule has 2 saturated heterocycles. The number of carbonyl (C=O) groups is 2. The molecule has 0 aliphatic carbocycles. The van der Waals surface area contributed by atoms with Crippen LogP contribution >= 0.6 is 11.6 Å². The highest BCUT2D eigenvalue weighted by Crippen LogP contribution is 2.27. The molecule has 1 atom stereocenters. The summed E-state index contributed by atoms with van der Waals surface area (Å²) in [6.45, 7) is 7.08. The van der Waals surface area contributed by atoms with Crippen LogP contribution in [0.25, 0.3) is 0 Å². The number of ether oxygens (including phenoxy) is 1. The summed E-state index contributed by atoms with van der Waals surface area (Å²) in [4.78, 5) is 27.0. The average Bonchev–Trinajstić information content (AvgIpc) is 2.73. The first-order chi connectivity index (χ1) is 15.0. The Balaban J connectivity index is 1.54.